The maximum absolute atomic E-state index is 13.6. The van der Waals surface area contributed by atoms with E-state index in [0.29, 0.717) is 6.92 Å². The summed E-state index contributed by atoms with van der Waals surface area (Å²) in [5.41, 5.74) is 0. The van der Waals surface area contributed by atoms with Crippen molar-refractivity contribution < 1.29 is 50.3 Å². The number of hydrogen-bond donors (Lipinski definition) is 1. The minimum Gasteiger partial charge on any atom is -0.458 e. The third-order valence-electron chi connectivity index (χ3n) is 5.35. The second kappa shape index (κ2) is 6.23. The predicted molar refractivity (Wildman–Crippen MR) is 80.6 cm³/mol. The Balaban J connectivity index is 1.82. The molecule has 0 spiro atoms. The van der Waals surface area contributed by atoms with Gasteiger partial charge < -0.3 is 14.2 Å². The molecular formula is C15H16F2O9S. The van der Waals surface area contributed by atoms with Crippen LogP contribution in [0.5, 0.6) is 0 Å². The number of rotatable bonds is 6. The fourth-order valence-corrected chi connectivity index (χ4v) is 4.65. The molecule has 150 valence electrons. The lowest BCUT2D eigenvalue weighted by Crippen LogP contribution is -2.47. The van der Waals surface area contributed by atoms with Gasteiger partial charge in [-0.15, -0.1) is 0 Å². The highest BCUT2D eigenvalue weighted by molar-refractivity contribution is 7.86. The van der Waals surface area contributed by atoms with Crippen LogP contribution in [0.15, 0.2) is 12.7 Å². The van der Waals surface area contributed by atoms with Gasteiger partial charge in [-0.3, -0.25) is 14.1 Å². The number of alkyl halides is 2. The molecule has 1 N–H and O–H groups in total. The lowest BCUT2D eigenvalue weighted by Gasteiger charge is -2.31. The van der Waals surface area contributed by atoms with Gasteiger partial charge in [-0.2, -0.15) is 17.2 Å². The molecule has 3 rings (SSSR count). The standard InChI is InChI=1S/C15H16F2O9S/c1-3-8(18)25-11-6-4-7-10(14(20)26-12(7)11)9(6)13(19)24-5(2)15(16,17)27(21,22)23/h3,5-7,9-12H,1,4H2,2H3,(H,21,22,23). The van der Waals surface area contributed by atoms with Crippen molar-refractivity contribution in [3.8, 4) is 0 Å². The summed E-state index contributed by atoms with van der Waals surface area (Å²) in [6.07, 6.45) is -3.03. The van der Waals surface area contributed by atoms with Gasteiger partial charge in [0.25, 0.3) is 0 Å². The van der Waals surface area contributed by atoms with Gasteiger partial charge in [-0.1, -0.05) is 6.58 Å². The molecule has 3 aliphatic rings. The molecule has 1 saturated heterocycles. The van der Waals surface area contributed by atoms with Crippen LogP contribution >= 0.6 is 0 Å². The molecule has 9 nitrogen and oxygen atoms in total. The van der Waals surface area contributed by atoms with Crippen LogP contribution in [0.3, 0.4) is 0 Å². The second-order valence-electron chi connectivity index (χ2n) is 6.74. The molecule has 2 aliphatic carbocycles. The summed E-state index contributed by atoms with van der Waals surface area (Å²) in [5, 5.41) is -4.73. The number of ether oxygens (including phenoxy) is 3. The summed E-state index contributed by atoms with van der Waals surface area (Å²) in [5.74, 6) is -6.12. The van der Waals surface area contributed by atoms with E-state index in [1.165, 1.54) is 0 Å². The first kappa shape index (κ1) is 19.7. The van der Waals surface area contributed by atoms with Crippen LogP contribution in [-0.2, 0) is 38.7 Å². The minimum absolute atomic E-state index is 0.277. The van der Waals surface area contributed by atoms with Gasteiger partial charge in [-0.25, -0.2) is 4.79 Å². The Bertz CT molecular complexity index is 808. The molecule has 27 heavy (non-hydrogen) atoms. The first-order valence-electron chi connectivity index (χ1n) is 7.99. The molecular weight excluding hydrogens is 394 g/mol. The van der Waals surface area contributed by atoms with E-state index in [0.717, 1.165) is 6.08 Å². The van der Waals surface area contributed by atoms with Crippen LogP contribution in [0.25, 0.3) is 0 Å². The van der Waals surface area contributed by atoms with Crippen molar-refractivity contribution in [1.82, 2.24) is 0 Å². The molecule has 2 saturated carbocycles. The SMILES string of the molecule is C=CC(=O)OC1C2CC3C1OC(=O)C3C2C(=O)OC(C)C(F)(F)S(=O)(=O)O. The second-order valence-corrected chi connectivity index (χ2v) is 8.23. The van der Waals surface area contributed by atoms with Crippen LogP contribution in [0.4, 0.5) is 8.78 Å². The fourth-order valence-electron chi connectivity index (χ4n) is 4.18. The molecule has 7 unspecified atom stereocenters. The van der Waals surface area contributed by atoms with E-state index in [4.69, 9.17) is 14.0 Å². The van der Waals surface area contributed by atoms with Gasteiger partial charge >= 0.3 is 33.3 Å². The van der Waals surface area contributed by atoms with Crippen molar-refractivity contribution >= 4 is 28.0 Å². The highest BCUT2D eigenvalue weighted by atomic mass is 32.2. The van der Waals surface area contributed by atoms with Gasteiger partial charge in [0.2, 0.25) is 0 Å². The van der Waals surface area contributed by atoms with E-state index in [9.17, 15) is 31.6 Å². The Morgan fingerprint density at radius 2 is 2.04 bits per heavy atom. The molecule has 0 radical (unpaired) electrons. The molecule has 0 amide bonds. The van der Waals surface area contributed by atoms with Crippen molar-refractivity contribution in [3.63, 3.8) is 0 Å². The third-order valence-corrected chi connectivity index (χ3v) is 6.37. The van der Waals surface area contributed by atoms with Crippen molar-refractivity contribution in [2.75, 3.05) is 0 Å². The summed E-state index contributed by atoms with van der Waals surface area (Å²) in [4.78, 5) is 36.0. The van der Waals surface area contributed by atoms with Crippen molar-refractivity contribution in [2.45, 2.75) is 36.9 Å². The molecule has 3 fully saturated rings. The average molecular weight is 410 g/mol. The summed E-state index contributed by atoms with van der Waals surface area (Å²) in [6.45, 7) is 3.85. The molecule has 0 aromatic heterocycles. The minimum atomic E-state index is -5.82. The first-order valence-corrected chi connectivity index (χ1v) is 9.43. The molecule has 0 aromatic carbocycles. The molecule has 1 heterocycles. The van der Waals surface area contributed by atoms with Gasteiger partial charge in [0.1, 0.15) is 12.2 Å². The summed E-state index contributed by atoms with van der Waals surface area (Å²) in [6, 6.07) is 0. The van der Waals surface area contributed by atoms with Crippen LogP contribution in [0.1, 0.15) is 13.3 Å². The lowest BCUT2D eigenvalue weighted by molar-refractivity contribution is -0.173. The molecule has 12 heteroatoms. The topological polar surface area (TPSA) is 133 Å². The number of fused-ring (bicyclic) bond motifs is 1. The number of halogens is 2. The zero-order valence-electron chi connectivity index (χ0n) is 13.9. The largest absolute Gasteiger partial charge is 0.458 e. The van der Waals surface area contributed by atoms with E-state index >= 15 is 0 Å². The van der Waals surface area contributed by atoms with E-state index in [-0.39, 0.29) is 6.42 Å². The smallest absolute Gasteiger partial charge is 0.405 e. The third kappa shape index (κ3) is 2.90. The molecule has 0 aromatic rings. The van der Waals surface area contributed by atoms with Gasteiger partial charge in [0.15, 0.2) is 6.10 Å². The van der Waals surface area contributed by atoms with E-state index in [1.807, 2.05) is 0 Å². The van der Waals surface area contributed by atoms with Gasteiger partial charge in [0.05, 0.1) is 11.8 Å². The Morgan fingerprint density at radius 1 is 1.41 bits per heavy atom. The molecule has 7 atom stereocenters. The Labute approximate surface area is 152 Å². The maximum Gasteiger partial charge on any atom is 0.405 e. The summed E-state index contributed by atoms with van der Waals surface area (Å²) < 4.78 is 72.3. The van der Waals surface area contributed by atoms with E-state index in [1.54, 1.807) is 0 Å². The van der Waals surface area contributed by atoms with Crippen LogP contribution in [0.2, 0.25) is 0 Å². The first-order chi connectivity index (χ1) is 12.4. The van der Waals surface area contributed by atoms with E-state index in [2.05, 4.69) is 11.3 Å². The summed E-state index contributed by atoms with van der Waals surface area (Å²) in [7, 11) is -5.82. The zero-order valence-corrected chi connectivity index (χ0v) is 14.7. The van der Waals surface area contributed by atoms with Crippen LogP contribution < -0.4 is 0 Å². The summed E-state index contributed by atoms with van der Waals surface area (Å²) >= 11 is 0. The van der Waals surface area contributed by atoms with Crippen LogP contribution in [-0.4, -0.2) is 54.4 Å². The lowest BCUT2D eigenvalue weighted by atomic mass is 9.78. The van der Waals surface area contributed by atoms with Crippen molar-refractivity contribution in [1.29, 1.82) is 0 Å². The zero-order chi connectivity index (χ0) is 20.3. The maximum atomic E-state index is 13.6. The van der Waals surface area contributed by atoms with E-state index < -0.39 is 75.3 Å². The van der Waals surface area contributed by atoms with Crippen molar-refractivity contribution in [3.05, 3.63) is 12.7 Å². The average Bonchev–Trinajstić information content (AvgIpc) is 3.16. The highest BCUT2D eigenvalue weighted by Crippen LogP contribution is 2.59. The Kier molecular flexibility index (Phi) is 4.54. The number of carbonyl (C=O) groups excluding carboxylic acids is 3. The van der Waals surface area contributed by atoms with Gasteiger partial charge in [0, 0.05) is 17.9 Å². The highest BCUT2D eigenvalue weighted by Gasteiger charge is 2.70. The fraction of sp³-hybridized carbons (Fsp3) is 0.667. The number of hydrogen-bond acceptors (Lipinski definition) is 8. The number of esters is 3. The molecule has 2 bridgehead atoms. The predicted octanol–water partition coefficient (Wildman–Crippen LogP) is 0.304. The Hall–Kier alpha value is -2.08. The van der Waals surface area contributed by atoms with Gasteiger partial charge in [-0.05, 0) is 13.3 Å². The van der Waals surface area contributed by atoms with Crippen LogP contribution in [0, 0.1) is 23.7 Å². The quantitative estimate of drug-likeness (QED) is 0.284. The normalized spacial score (nSPS) is 35.5. The Morgan fingerprint density at radius 3 is 2.59 bits per heavy atom. The molecule has 1 aliphatic heterocycles. The van der Waals surface area contributed by atoms with Crippen molar-refractivity contribution in [2.24, 2.45) is 23.7 Å². The number of carbonyl (C=O) groups is 3. The monoisotopic (exact) mass is 410 g/mol.